The molecule has 2 aliphatic carbocycles. The Morgan fingerprint density at radius 1 is 1.19 bits per heavy atom. The summed E-state index contributed by atoms with van der Waals surface area (Å²) in [6.45, 7) is 1.50. The Bertz CT molecular complexity index is 680. The first-order valence-corrected chi connectivity index (χ1v) is 7.12. The lowest BCUT2D eigenvalue weighted by Gasteiger charge is -2.17. The molecular weight excluding hydrogens is 262 g/mol. The molecule has 0 heterocycles. The highest BCUT2D eigenvalue weighted by molar-refractivity contribution is 6.14. The summed E-state index contributed by atoms with van der Waals surface area (Å²) in [5.41, 5.74) is 3.67. The minimum atomic E-state index is -0.0672. The van der Waals surface area contributed by atoms with Crippen molar-refractivity contribution in [1.82, 2.24) is 5.32 Å². The summed E-state index contributed by atoms with van der Waals surface area (Å²) in [6.07, 6.45) is 7.14. The van der Waals surface area contributed by atoms with E-state index in [-0.39, 0.29) is 17.6 Å². The average Bonchev–Trinajstić information content (AvgIpc) is 2.75. The molecule has 2 aliphatic rings. The number of benzene rings is 1. The summed E-state index contributed by atoms with van der Waals surface area (Å²) < 4.78 is 0. The van der Waals surface area contributed by atoms with Crippen molar-refractivity contribution in [3.8, 4) is 0 Å². The minimum Gasteiger partial charge on any atom is -0.330 e. The minimum absolute atomic E-state index is 0.0672. The SMILES string of the molecule is CC(=O)NC1=CC=C2C(=O)C(=Cc3ccccc3)CC2C1. The van der Waals surface area contributed by atoms with Gasteiger partial charge in [-0.3, -0.25) is 9.59 Å². The van der Waals surface area contributed by atoms with E-state index in [9.17, 15) is 9.59 Å². The molecule has 0 aliphatic heterocycles. The lowest BCUT2D eigenvalue weighted by atomic mass is 9.92. The molecule has 1 atom stereocenters. The number of rotatable bonds is 2. The molecule has 0 saturated heterocycles. The lowest BCUT2D eigenvalue weighted by molar-refractivity contribution is -0.118. The largest absolute Gasteiger partial charge is 0.330 e. The number of carbonyl (C=O) groups excluding carboxylic acids is 2. The van der Waals surface area contributed by atoms with E-state index in [1.165, 1.54) is 6.92 Å². The van der Waals surface area contributed by atoms with Gasteiger partial charge in [-0.1, -0.05) is 36.4 Å². The monoisotopic (exact) mass is 279 g/mol. The van der Waals surface area contributed by atoms with Gasteiger partial charge in [0.1, 0.15) is 0 Å². The number of amides is 1. The standard InChI is InChI=1S/C18H17NO2/c1-12(20)19-16-7-8-17-14(11-16)10-15(18(17)21)9-13-5-3-2-4-6-13/h2-9,14H,10-11H2,1H3,(H,19,20). The molecule has 21 heavy (non-hydrogen) atoms. The van der Waals surface area contributed by atoms with Gasteiger partial charge >= 0.3 is 0 Å². The van der Waals surface area contributed by atoms with Gasteiger partial charge in [0.25, 0.3) is 0 Å². The zero-order valence-corrected chi connectivity index (χ0v) is 11.9. The molecule has 1 N–H and O–H groups in total. The zero-order chi connectivity index (χ0) is 14.8. The normalized spacial score (nSPS) is 22.6. The molecular formula is C18H17NO2. The van der Waals surface area contributed by atoms with Crippen molar-refractivity contribution in [1.29, 1.82) is 0 Å². The van der Waals surface area contributed by atoms with E-state index in [1.807, 2.05) is 48.6 Å². The number of carbonyl (C=O) groups is 2. The van der Waals surface area contributed by atoms with Crippen LogP contribution in [0.2, 0.25) is 0 Å². The van der Waals surface area contributed by atoms with Crippen LogP contribution >= 0.6 is 0 Å². The first-order valence-electron chi connectivity index (χ1n) is 7.12. The van der Waals surface area contributed by atoms with Crippen LogP contribution in [0, 0.1) is 5.92 Å². The number of Topliss-reactive ketones (excluding diaryl/α,β-unsaturated/α-hetero) is 1. The third-order valence-electron chi connectivity index (χ3n) is 3.87. The van der Waals surface area contributed by atoms with Gasteiger partial charge in [-0.05, 0) is 36.5 Å². The van der Waals surface area contributed by atoms with Gasteiger partial charge in [0.15, 0.2) is 5.78 Å². The first kappa shape index (κ1) is 13.6. The summed E-state index contributed by atoms with van der Waals surface area (Å²) in [7, 11) is 0. The van der Waals surface area contributed by atoms with Crippen LogP contribution in [0.15, 0.2) is 59.3 Å². The third-order valence-corrected chi connectivity index (χ3v) is 3.87. The van der Waals surface area contributed by atoms with E-state index < -0.39 is 0 Å². The summed E-state index contributed by atoms with van der Waals surface area (Å²) in [4.78, 5) is 23.5. The maximum Gasteiger partial charge on any atom is 0.220 e. The van der Waals surface area contributed by atoms with Crippen molar-refractivity contribution >= 4 is 17.8 Å². The van der Waals surface area contributed by atoms with Crippen molar-refractivity contribution in [2.24, 2.45) is 5.92 Å². The van der Waals surface area contributed by atoms with Crippen molar-refractivity contribution < 1.29 is 9.59 Å². The van der Waals surface area contributed by atoms with E-state index in [0.29, 0.717) is 0 Å². The number of hydrogen-bond acceptors (Lipinski definition) is 2. The fourth-order valence-electron chi connectivity index (χ4n) is 2.95. The van der Waals surface area contributed by atoms with Crippen LogP contribution in [0.4, 0.5) is 0 Å². The molecule has 1 fully saturated rings. The molecule has 3 nitrogen and oxygen atoms in total. The second kappa shape index (κ2) is 5.52. The van der Waals surface area contributed by atoms with Crippen molar-refractivity contribution in [3.05, 3.63) is 64.9 Å². The fourth-order valence-corrected chi connectivity index (χ4v) is 2.95. The van der Waals surface area contributed by atoms with E-state index in [4.69, 9.17) is 0 Å². The second-order valence-corrected chi connectivity index (χ2v) is 5.51. The summed E-state index contributed by atoms with van der Waals surface area (Å²) in [6, 6.07) is 9.89. The summed E-state index contributed by atoms with van der Waals surface area (Å²) in [5, 5.41) is 2.82. The van der Waals surface area contributed by atoms with Crippen LogP contribution in [0.25, 0.3) is 6.08 Å². The van der Waals surface area contributed by atoms with Gasteiger partial charge in [0.05, 0.1) is 0 Å². The summed E-state index contributed by atoms with van der Waals surface area (Å²) >= 11 is 0. The Kier molecular flexibility index (Phi) is 3.57. The summed E-state index contributed by atoms with van der Waals surface area (Å²) in [5.74, 6) is 0.267. The smallest absolute Gasteiger partial charge is 0.220 e. The predicted octanol–water partition coefficient (Wildman–Crippen LogP) is 3.01. The Morgan fingerprint density at radius 3 is 2.67 bits per heavy atom. The molecule has 0 spiro atoms. The highest BCUT2D eigenvalue weighted by Crippen LogP contribution is 2.39. The van der Waals surface area contributed by atoms with Gasteiger partial charge in [0.2, 0.25) is 5.91 Å². The molecule has 0 bridgehead atoms. The molecule has 1 aromatic rings. The quantitative estimate of drug-likeness (QED) is 0.846. The molecule has 1 aromatic carbocycles. The molecule has 1 unspecified atom stereocenters. The van der Waals surface area contributed by atoms with Gasteiger partial charge in [-0.2, -0.15) is 0 Å². The van der Waals surface area contributed by atoms with Gasteiger partial charge in [-0.15, -0.1) is 0 Å². The number of allylic oxidation sites excluding steroid dienone is 5. The van der Waals surface area contributed by atoms with Gasteiger partial charge < -0.3 is 5.32 Å². The third kappa shape index (κ3) is 2.87. The second-order valence-electron chi connectivity index (χ2n) is 5.51. The Labute approximate surface area is 124 Å². The van der Waals surface area contributed by atoms with E-state index in [0.717, 1.165) is 35.2 Å². The fraction of sp³-hybridized carbons (Fsp3) is 0.222. The first-order chi connectivity index (χ1) is 10.1. The molecule has 0 radical (unpaired) electrons. The van der Waals surface area contributed by atoms with Crippen LogP contribution in [0.5, 0.6) is 0 Å². The maximum absolute atomic E-state index is 12.4. The van der Waals surface area contributed by atoms with Crippen LogP contribution in [0.3, 0.4) is 0 Å². The lowest BCUT2D eigenvalue weighted by Crippen LogP contribution is -2.22. The number of nitrogens with one attached hydrogen (secondary N) is 1. The Morgan fingerprint density at radius 2 is 1.95 bits per heavy atom. The van der Waals surface area contributed by atoms with Crippen molar-refractivity contribution in [2.75, 3.05) is 0 Å². The molecule has 0 aromatic heterocycles. The van der Waals surface area contributed by atoms with Gasteiger partial charge in [-0.25, -0.2) is 0 Å². The molecule has 1 saturated carbocycles. The van der Waals surface area contributed by atoms with E-state index in [1.54, 1.807) is 0 Å². The van der Waals surface area contributed by atoms with Crippen molar-refractivity contribution in [3.63, 3.8) is 0 Å². The van der Waals surface area contributed by atoms with E-state index >= 15 is 0 Å². The van der Waals surface area contributed by atoms with Gasteiger partial charge in [0, 0.05) is 23.8 Å². The predicted molar refractivity (Wildman–Crippen MR) is 82.1 cm³/mol. The molecule has 3 rings (SSSR count). The van der Waals surface area contributed by atoms with Crippen LogP contribution < -0.4 is 5.32 Å². The molecule has 106 valence electrons. The number of fused-ring (bicyclic) bond motifs is 1. The Hall–Kier alpha value is -2.42. The highest BCUT2D eigenvalue weighted by Gasteiger charge is 2.34. The van der Waals surface area contributed by atoms with Crippen molar-refractivity contribution in [2.45, 2.75) is 19.8 Å². The maximum atomic E-state index is 12.4. The molecule has 3 heteroatoms. The van der Waals surface area contributed by atoms with Crippen LogP contribution in [0.1, 0.15) is 25.3 Å². The zero-order valence-electron chi connectivity index (χ0n) is 11.9. The van der Waals surface area contributed by atoms with Crippen LogP contribution in [-0.2, 0) is 9.59 Å². The molecule has 1 amide bonds. The average molecular weight is 279 g/mol. The van der Waals surface area contributed by atoms with E-state index in [2.05, 4.69) is 5.32 Å². The number of hydrogen-bond donors (Lipinski definition) is 1. The Balaban J connectivity index is 1.81. The topological polar surface area (TPSA) is 46.2 Å². The van der Waals surface area contributed by atoms with Crippen LogP contribution in [-0.4, -0.2) is 11.7 Å². The highest BCUT2D eigenvalue weighted by atomic mass is 16.1. The number of ketones is 1.